The third-order valence-electron chi connectivity index (χ3n) is 6.37. The molecule has 1 N–H and O–H groups in total. The Morgan fingerprint density at radius 1 is 1.03 bits per heavy atom. The average Bonchev–Trinajstić information content (AvgIpc) is 3.17. The molecular weight excluding hydrogens is 468 g/mol. The maximum Gasteiger partial charge on any atom is 0.266 e. The standard InChI is InChI=1S/C31H27ClN2O2/c1-20-16-25(17-26(18-33)31(35)34-29-11-7-10-28(32)22(29)3)21(2)30(20)24-12-14-27(15-13-24)36-19-23-8-5-4-6-9-23/h4-17,30H,19H2,1-3H3,(H,34,35)/b26-17-/t30-/m1/s1. The van der Waals surface area contributed by atoms with Crippen molar-refractivity contribution in [3.63, 3.8) is 0 Å². The van der Waals surface area contributed by atoms with Crippen molar-refractivity contribution in [1.82, 2.24) is 0 Å². The number of hydrogen-bond donors (Lipinski definition) is 1. The lowest BCUT2D eigenvalue weighted by Crippen LogP contribution is -2.14. The predicted octanol–water partition coefficient (Wildman–Crippen LogP) is 7.68. The average molecular weight is 495 g/mol. The molecule has 0 radical (unpaired) electrons. The first-order valence-corrected chi connectivity index (χ1v) is 12.1. The third-order valence-corrected chi connectivity index (χ3v) is 6.78. The Kier molecular flexibility index (Phi) is 7.73. The molecule has 1 aliphatic carbocycles. The van der Waals surface area contributed by atoms with Crippen LogP contribution in [0.5, 0.6) is 5.75 Å². The van der Waals surface area contributed by atoms with E-state index in [-0.39, 0.29) is 11.5 Å². The minimum Gasteiger partial charge on any atom is -0.489 e. The van der Waals surface area contributed by atoms with E-state index in [1.165, 1.54) is 0 Å². The van der Waals surface area contributed by atoms with Gasteiger partial charge in [0, 0.05) is 16.6 Å². The number of hydrogen-bond acceptors (Lipinski definition) is 3. The van der Waals surface area contributed by atoms with Crippen LogP contribution in [-0.4, -0.2) is 5.91 Å². The molecule has 4 nitrogen and oxygen atoms in total. The number of anilines is 1. The van der Waals surface area contributed by atoms with Crippen molar-refractivity contribution in [2.45, 2.75) is 33.3 Å². The number of nitrogens with zero attached hydrogens (tertiary/aromatic N) is 1. The van der Waals surface area contributed by atoms with Gasteiger partial charge >= 0.3 is 0 Å². The smallest absolute Gasteiger partial charge is 0.266 e. The summed E-state index contributed by atoms with van der Waals surface area (Å²) < 4.78 is 5.92. The predicted molar refractivity (Wildman–Crippen MR) is 145 cm³/mol. The fourth-order valence-corrected chi connectivity index (χ4v) is 4.53. The molecule has 3 aromatic carbocycles. The Hall–Kier alpha value is -4.07. The summed E-state index contributed by atoms with van der Waals surface area (Å²) in [5, 5.41) is 13.1. The fraction of sp³-hybridized carbons (Fsp3) is 0.161. The van der Waals surface area contributed by atoms with Crippen molar-refractivity contribution < 1.29 is 9.53 Å². The summed E-state index contributed by atoms with van der Waals surface area (Å²) in [5.74, 6) is 0.430. The molecule has 1 amide bonds. The second kappa shape index (κ2) is 11.1. The first kappa shape index (κ1) is 25.0. The van der Waals surface area contributed by atoms with Gasteiger partial charge in [0.2, 0.25) is 0 Å². The number of carbonyl (C=O) groups is 1. The number of allylic oxidation sites excluding steroid dienone is 5. The molecule has 0 spiro atoms. The van der Waals surface area contributed by atoms with Crippen LogP contribution in [0.1, 0.15) is 36.5 Å². The van der Waals surface area contributed by atoms with Crippen molar-refractivity contribution in [1.29, 1.82) is 5.26 Å². The second-order valence-electron chi connectivity index (χ2n) is 8.84. The van der Waals surface area contributed by atoms with Crippen LogP contribution in [0.3, 0.4) is 0 Å². The molecule has 0 aliphatic heterocycles. The lowest BCUT2D eigenvalue weighted by atomic mass is 9.89. The molecule has 0 bridgehead atoms. The van der Waals surface area contributed by atoms with E-state index < -0.39 is 5.91 Å². The molecule has 0 saturated carbocycles. The Bertz CT molecular complexity index is 1410. The van der Waals surface area contributed by atoms with Gasteiger partial charge in [-0.1, -0.05) is 77.4 Å². The maximum atomic E-state index is 12.8. The fourth-order valence-electron chi connectivity index (χ4n) is 4.35. The molecule has 5 heteroatoms. The quantitative estimate of drug-likeness (QED) is 0.270. The van der Waals surface area contributed by atoms with Crippen LogP contribution in [0, 0.1) is 18.3 Å². The van der Waals surface area contributed by atoms with Gasteiger partial charge in [-0.3, -0.25) is 4.79 Å². The van der Waals surface area contributed by atoms with Crippen molar-refractivity contribution in [3.8, 4) is 11.8 Å². The Labute approximate surface area is 217 Å². The van der Waals surface area contributed by atoms with Gasteiger partial charge in [-0.15, -0.1) is 0 Å². The molecule has 0 aromatic heterocycles. The Morgan fingerprint density at radius 2 is 1.75 bits per heavy atom. The molecule has 4 rings (SSSR count). The van der Waals surface area contributed by atoms with Gasteiger partial charge in [-0.25, -0.2) is 0 Å². The minimum atomic E-state index is -0.461. The molecule has 180 valence electrons. The largest absolute Gasteiger partial charge is 0.489 e. The van der Waals surface area contributed by atoms with E-state index in [9.17, 15) is 10.1 Å². The summed E-state index contributed by atoms with van der Waals surface area (Å²) in [4.78, 5) is 12.8. The SMILES string of the molecule is CC1=CC(/C=C(/C#N)C(=O)Nc2cccc(Cl)c2C)=C(C)[C@@H]1c1ccc(OCc2ccccc2)cc1. The first-order chi connectivity index (χ1) is 17.4. The van der Waals surface area contributed by atoms with E-state index in [1.807, 2.05) is 68.5 Å². The number of carbonyl (C=O) groups excluding carboxylic acids is 1. The number of nitriles is 1. The van der Waals surface area contributed by atoms with E-state index in [2.05, 4.69) is 24.4 Å². The zero-order chi connectivity index (χ0) is 25.7. The Morgan fingerprint density at radius 3 is 2.44 bits per heavy atom. The van der Waals surface area contributed by atoms with Crippen LogP contribution in [0.15, 0.2) is 107 Å². The van der Waals surface area contributed by atoms with Crippen LogP contribution < -0.4 is 10.1 Å². The van der Waals surface area contributed by atoms with Crippen molar-refractivity contribution in [2.75, 3.05) is 5.32 Å². The summed E-state index contributed by atoms with van der Waals surface area (Å²) in [6, 6.07) is 25.5. The highest BCUT2D eigenvalue weighted by Crippen LogP contribution is 2.40. The summed E-state index contributed by atoms with van der Waals surface area (Å²) >= 11 is 6.16. The van der Waals surface area contributed by atoms with Crippen LogP contribution in [0.4, 0.5) is 5.69 Å². The van der Waals surface area contributed by atoms with E-state index in [0.29, 0.717) is 17.3 Å². The molecule has 1 aliphatic rings. The molecule has 0 heterocycles. The van der Waals surface area contributed by atoms with Crippen LogP contribution in [0.25, 0.3) is 0 Å². The molecule has 1 atom stereocenters. The van der Waals surface area contributed by atoms with Gasteiger partial charge < -0.3 is 10.1 Å². The number of benzene rings is 3. The number of rotatable bonds is 7. The third kappa shape index (κ3) is 5.59. The molecule has 0 unspecified atom stereocenters. The molecule has 0 fully saturated rings. The monoisotopic (exact) mass is 494 g/mol. The lowest BCUT2D eigenvalue weighted by molar-refractivity contribution is -0.112. The van der Waals surface area contributed by atoms with E-state index in [4.69, 9.17) is 16.3 Å². The van der Waals surface area contributed by atoms with E-state index >= 15 is 0 Å². The number of amides is 1. The molecule has 0 saturated heterocycles. The molecular formula is C31H27ClN2O2. The lowest BCUT2D eigenvalue weighted by Gasteiger charge is -2.16. The van der Waals surface area contributed by atoms with Crippen LogP contribution in [0.2, 0.25) is 5.02 Å². The maximum absolute atomic E-state index is 12.8. The van der Waals surface area contributed by atoms with Gasteiger partial charge in [0.15, 0.2) is 0 Å². The highest BCUT2D eigenvalue weighted by atomic mass is 35.5. The minimum absolute atomic E-state index is 0.0399. The van der Waals surface area contributed by atoms with Crippen LogP contribution >= 0.6 is 11.6 Å². The highest BCUT2D eigenvalue weighted by molar-refractivity contribution is 6.31. The number of halogens is 1. The summed E-state index contributed by atoms with van der Waals surface area (Å²) in [6.07, 6.45) is 3.69. The van der Waals surface area contributed by atoms with Crippen molar-refractivity contribution in [2.24, 2.45) is 0 Å². The summed E-state index contributed by atoms with van der Waals surface area (Å²) in [6.45, 7) is 6.45. The van der Waals surface area contributed by atoms with Gasteiger partial charge in [-0.2, -0.15) is 5.26 Å². The van der Waals surface area contributed by atoms with Crippen LogP contribution in [-0.2, 0) is 11.4 Å². The summed E-state index contributed by atoms with van der Waals surface area (Å²) in [7, 11) is 0. The molecule has 3 aromatic rings. The van der Waals surface area contributed by atoms with Gasteiger partial charge in [0.25, 0.3) is 5.91 Å². The first-order valence-electron chi connectivity index (χ1n) is 11.7. The van der Waals surface area contributed by atoms with Gasteiger partial charge in [0.05, 0.1) is 0 Å². The van der Waals surface area contributed by atoms with Gasteiger partial charge in [-0.05, 0) is 73.4 Å². The van der Waals surface area contributed by atoms with Crippen molar-refractivity contribution in [3.05, 3.63) is 129 Å². The highest BCUT2D eigenvalue weighted by Gasteiger charge is 2.24. The topological polar surface area (TPSA) is 62.1 Å². The molecule has 36 heavy (non-hydrogen) atoms. The Balaban J connectivity index is 1.50. The van der Waals surface area contributed by atoms with E-state index in [1.54, 1.807) is 24.3 Å². The van der Waals surface area contributed by atoms with E-state index in [0.717, 1.165) is 39.2 Å². The normalized spacial score (nSPS) is 15.4. The zero-order valence-electron chi connectivity index (χ0n) is 20.5. The summed E-state index contributed by atoms with van der Waals surface area (Å²) in [5.41, 5.74) is 6.75. The van der Waals surface area contributed by atoms with Crippen molar-refractivity contribution >= 4 is 23.2 Å². The van der Waals surface area contributed by atoms with Gasteiger partial charge in [0.1, 0.15) is 24.0 Å². The number of ether oxygens (including phenoxy) is 1. The zero-order valence-corrected chi connectivity index (χ0v) is 21.3. The number of nitrogens with one attached hydrogen (secondary N) is 1. The second-order valence-corrected chi connectivity index (χ2v) is 9.25.